The Hall–Kier alpha value is -0.855. The van der Waals surface area contributed by atoms with Gasteiger partial charge >= 0.3 is 0 Å². The van der Waals surface area contributed by atoms with Gasteiger partial charge in [-0.1, -0.05) is 18.7 Å². The third kappa shape index (κ3) is 1.83. The molecule has 0 aliphatic heterocycles. The summed E-state index contributed by atoms with van der Waals surface area (Å²) in [5.74, 6) is -0.415. The summed E-state index contributed by atoms with van der Waals surface area (Å²) in [6.07, 6.45) is 2.39. The summed E-state index contributed by atoms with van der Waals surface area (Å²) in [6, 6.07) is 3.20. The van der Waals surface area contributed by atoms with Crippen LogP contribution in [-0.2, 0) is 0 Å². The molecule has 0 spiro atoms. The molecule has 0 unspecified atom stereocenters. The van der Waals surface area contributed by atoms with Crippen LogP contribution in [-0.4, -0.2) is 12.3 Å². The van der Waals surface area contributed by atoms with E-state index in [4.69, 9.17) is 0 Å². The van der Waals surface area contributed by atoms with Gasteiger partial charge in [-0.15, -0.1) is 0 Å². The third-order valence-corrected chi connectivity index (χ3v) is 1.19. The maximum absolute atomic E-state index is 12.4. The van der Waals surface area contributed by atoms with Gasteiger partial charge in [0.25, 0.3) is 0 Å². The monoisotopic (exact) mass is 136 g/mol. The lowest BCUT2D eigenvalue weighted by molar-refractivity contribution is 0.585. The SMILES string of the molecule is CC[B]c1ccnc(F)c1. The Kier molecular flexibility index (Phi) is 2.43. The van der Waals surface area contributed by atoms with Gasteiger partial charge in [0.1, 0.15) is 0 Å². The van der Waals surface area contributed by atoms with Gasteiger partial charge in [0.15, 0.2) is 7.28 Å². The maximum Gasteiger partial charge on any atom is 0.212 e. The van der Waals surface area contributed by atoms with E-state index in [2.05, 4.69) is 4.98 Å². The highest BCUT2D eigenvalue weighted by molar-refractivity contribution is 6.53. The van der Waals surface area contributed by atoms with Gasteiger partial charge in [-0.2, -0.15) is 4.39 Å². The van der Waals surface area contributed by atoms with Crippen LogP contribution in [0.15, 0.2) is 18.3 Å². The average molecular weight is 136 g/mol. The second-order valence-electron chi connectivity index (χ2n) is 2.02. The van der Waals surface area contributed by atoms with E-state index in [-0.39, 0.29) is 0 Å². The molecule has 1 heterocycles. The van der Waals surface area contributed by atoms with Crippen LogP contribution in [0.2, 0.25) is 6.32 Å². The number of pyridine rings is 1. The van der Waals surface area contributed by atoms with Gasteiger partial charge in [-0.05, 0) is 12.1 Å². The number of rotatable bonds is 2. The number of halogens is 1. The van der Waals surface area contributed by atoms with Crippen LogP contribution in [0.3, 0.4) is 0 Å². The zero-order valence-electron chi connectivity index (χ0n) is 5.84. The van der Waals surface area contributed by atoms with Crippen molar-refractivity contribution in [2.45, 2.75) is 13.2 Å². The summed E-state index contributed by atoms with van der Waals surface area (Å²) < 4.78 is 12.4. The zero-order chi connectivity index (χ0) is 7.40. The molecule has 1 rings (SSSR count). The molecular weight excluding hydrogens is 128 g/mol. The maximum atomic E-state index is 12.4. The van der Waals surface area contributed by atoms with Gasteiger partial charge in [0.05, 0.1) is 0 Å². The predicted octanol–water partition coefficient (Wildman–Crippen LogP) is 0.988. The molecule has 0 aliphatic carbocycles. The van der Waals surface area contributed by atoms with Crippen molar-refractivity contribution in [3.8, 4) is 0 Å². The van der Waals surface area contributed by atoms with Crippen LogP contribution in [0.1, 0.15) is 6.92 Å². The van der Waals surface area contributed by atoms with E-state index in [1.54, 1.807) is 6.07 Å². The molecule has 0 saturated heterocycles. The van der Waals surface area contributed by atoms with Crippen LogP contribution >= 0.6 is 0 Å². The molecular formula is C7H8BFN. The highest BCUT2D eigenvalue weighted by Gasteiger charge is 1.94. The van der Waals surface area contributed by atoms with Crippen LogP contribution in [0.25, 0.3) is 0 Å². The van der Waals surface area contributed by atoms with Crippen molar-refractivity contribution < 1.29 is 4.39 Å². The Labute approximate surface area is 60.5 Å². The Balaban J connectivity index is 2.75. The molecule has 51 valence electrons. The van der Waals surface area contributed by atoms with Crippen LogP contribution in [0.5, 0.6) is 0 Å². The number of hydrogen-bond acceptors (Lipinski definition) is 1. The van der Waals surface area contributed by atoms with Crippen LogP contribution in [0, 0.1) is 5.95 Å². The topological polar surface area (TPSA) is 12.9 Å². The third-order valence-electron chi connectivity index (χ3n) is 1.19. The minimum atomic E-state index is -0.415. The number of nitrogens with zero attached hydrogens (tertiary/aromatic N) is 1. The quantitative estimate of drug-likeness (QED) is 0.436. The normalized spacial score (nSPS) is 9.40. The fraction of sp³-hybridized carbons (Fsp3) is 0.286. The van der Waals surface area contributed by atoms with Crippen molar-refractivity contribution in [3.05, 3.63) is 24.3 Å². The van der Waals surface area contributed by atoms with Crippen LogP contribution in [0.4, 0.5) is 4.39 Å². The van der Waals surface area contributed by atoms with Crippen molar-refractivity contribution in [1.29, 1.82) is 0 Å². The first kappa shape index (κ1) is 7.25. The number of aromatic nitrogens is 1. The van der Waals surface area contributed by atoms with Gasteiger partial charge in [-0.3, -0.25) is 0 Å². The lowest BCUT2D eigenvalue weighted by Gasteiger charge is -1.93. The number of hydrogen-bond donors (Lipinski definition) is 0. The standard InChI is InChI=1S/C7H8BFN/c1-2-8-6-3-4-10-7(9)5-6/h3-5H,2H2,1H3. The highest BCUT2D eigenvalue weighted by Crippen LogP contribution is 1.87. The van der Waals surface area contributed by atoms with Gasteiger partial charge in [0, 0.05) is 6.20 Å². The van der Waals surface area contributed by atoms with Crippen molar-refractivity contribution in [3.63, 3.8) is 0 Å². The molecule has 0 atom stereocenters. The smallest absolute Gasteiger partial charge is 0.212 e. The van der Waals surface area contributed by atoms with Crippen molar-refractivity contribution in [2.24, 2.45) is 0 Å². The molecule has 1 radical (unpaired) electrons. The van der Waals surface area contributed by atoms with Crippen LogP contribution < -0.4 is 5.46 Å². The zero-order valence-corrected chi connectivity index (χ0v) is 5.84. The van der Waals surface area contributed by atoms with E-state index < -0.39 is 5.95 Å². The van der Waals surface area contributed by atoms with Crippen molar-refractivity contribution >= 4 is 12.7 Å². The van der Waals surface area contributed by atoms with E-state index in [0.29, 0.717) is 0 Å². The molecule has 10 heavy (non-hydrogen) atoms. The molecule has 0 bridgehead atoms. The van der Waals surface area contributed by atoms with E-state index in [0.717, 1.165) is 11.8 Å². The van der Waals surface area contributed by atoms with Crippen molar-refractivity contribution in [2.75, 3.05) is 0 Å². The Morgan fingerprint density at radius 1 is 1.70 bits per heavy atom. The minimum Gasteiger partial charge on any atom is -0.228 e. The summed E-state index contributed by atoms with van der Waals surface area (Å²) in [7, 11) is 1.95. The predicted molar refractivity (Wildman–Crippen MR) is 40.1 cm³/mol. The second-order valence-corrected chi connectivity index (χ2v) is 2.02. The van der Waals surface area contributed by atoms with E-state index in [1.807, 2.05) is 14.2 Å². The van der Waals surface area contributed by atoms with Gasteiger partial charge in [-0.25, -0.2) is 4.98 Å². The molecule has 1 aromatic heterocycles. The summed E-state index contributed by atoms with van der Waals surface area (Å²) in [4.78, 5) is 3.44. The van der Waals surface area contributed by atoms with E-state index in [9.17, 15) is 4.39 Å². The average Bonchev–Trinajstić information content (AvgIpc) is 1.88. The molecule has 0 aliphatic rings. The fourth-order valence-electron chi connectivity index (χ4n) is 0.780. The highest BCUT2D eigenvalue weighted by atomic mass is 19.1. The summed E-state index contributed by atoms with van der Waals surface area (Å²) in [5.41, 5.74) is 0.898. The lowest BCUT2D eigenvalue weighted by Crippen LogP contribution is -2.13. The Morgan fingerprint density at radius 3 is 3.10 bits per heavy atom. The summed E-state index contributed by atoms with van der Waals surface area (Å²) in [5, 5.41) is 0. The second kappa shape index (κ2) is 3.35. The van der Waals surface area contributed by atoms with Crippen molar-refractivity contribution in [1.82, 2.24) is 4.98 Å². The molecule has 1 aromatic rings. The molecule has 0 amide bonds. The van der Waals surface area contributed by atoms with E-state index >= 15 is 0 Å². The van der Waals surface area contributed by atoms with Gasteiger partial charge < -0.3 is 0 Å². The molecule has 1 nitrogen and oxygen atoms in total. The first-order valence-corrected chi connectivity index (χ1v) is 3.27. The molecule has 0 saturated carbocycles. The fourth-order valence-corrected chi connectivity index (χ4v) is 0.780. The molecule has 3 heteroatoms. The largest absolute Gasteiger partial charge is 0.228 e. The molecule has 0 fully saturated rings. The van der Waals surface area contributed by atoms with Gasteiger partial charge in [0.2, 0.25) is 5.95 Å². The molecule has 0 aromatic carbocycles. The first-order chi connectivity index (χ1) is 4.83. The lowest BCUT2D eigenvalue weighted by atomic mass is 9.68. The Morgan fingerprint density at radius 2 is 2.50 bits per heavy atom. The summed E-state index contributed by atoms with van der Waals surface area (Å²) >= 11 is 0. The molecule has 0 N–H and O–H groups in total. The minimum absolute atomic E-state index is 0.415. The summed E-state index contributed by atoms with van der Waals surface area (Å²) in [6.45, 7) is 2.01. The first-order valence-electron chi connectivity index (χ1n) is 3.27. The Bertz CT molecular complexity index is 215. The van der Waals surface area contributed by atoms with E-state index in [1.165, 1.54) is 12.3 Å².